The first-order chi connectivity index (χ1) is 8.13. The van der Waals surface area contributed by atoms with E-state index < -0.39 is 0 Å². The maximum atomic E-state index is 3.65. The first-order valence-electron chi connectivity index (χ1n) is 7.24. The van der Waals surface area contributed by atoms with Gasteiger partial charge in [-0.1, -0.05) is 6.92 Å². The number of nitrogens with zero attached hydrogens (tertiary/aromatic N) is 2. The number of nitrogens with one attached hydrogen (secondary N) is 1. The molecule has 0 spiro atoms. The number of likely N-dealkylation sites (tertiary alicyclic amines) is 1. The molecule has 0 aromatic carbocycles. The third kappa shape index (κ3) is 5.84. The second kappa shape index (κ2) is 8.06. The fourth-order valence-corrected chi connectivity index (χ4v) is 2.58. The quantitative estimate of drug-likeness (QED) is 0.731. The Morgan fingerprint density at radius 3 is 2.82 bits per heavy atom. The number of likely N-dealkylation sites (N-methyl/N-ethyl adjacent to an activating group) is 1. The number of piperidine rings is 1. The van der Waals surface area contributed by atoms with Crippen LogP contribution in [0.15, 0.2) is 0 Å². The van der Waals surface area contributed by atoms with Crippen molar-refractivity contribution in [3.05, 3.63) is 0 Å². The molecule has 0 amide bonds. The Balaban J connectivity index is 2.27. The van der Waals surface area contributed by atoms with Crippen LogP contribution in [0.3, 0.4) is 0 Å². The molecule has 1 heterocycles. The molecule has 1 aliphatic heterocycles. The van der Waals surface area contributed by atoms with E-state index in [9.17, 15) is 0 Å². The van der Waals surface area contributed by atoms with Crippen molar-refractivity contribution in [3.8, 4) is 0 Å². The minimum absolute atomic E-state index is 0.678. The van der Waals surface area contributed by atoms with Crippen LogP contribution in [0, 0.1) is 5.92 Å². The molecule has 0 saturated carbocycles. The van der Waals surface area contributed by atoms with Crippen molar-refractivity contribution < 1.29 is 0 Å². The van der Waals surface area contributed by atoms with Crippen molar-refractivity contribution >= 4 is 0 Å². The summed E-state index contributed by atoms with van der Waals surface area (Å²) < 4.78 is 0. The molecule has 2 atom stereocenters. The monoisotopic (exact) mass is 241 g/mol. The van der Waals surface area contributed by atoms with Crippen LogP contribution in [0.2, 0.25) is 0 Å². The summed E-state index contributed by atoms with van der Waals surface area (Å²) in [4.78, 5) is 4.92. The highest BCUT2D eigenvalue weighted by molar-refractivity contribution is 4.80. The maximum Gasteiger partial charge on any atom is 0.0109 e. The van der Waals surface area contributed by atoms with Crippen molar-refractivity contribution in [2.75, 3.05) is 46.8 Å². The van der Waals surface area contributed by atoms with Crippen LogP contribution in [0.25, 0.3) is 0 Å². The van der Waals surface area contributed by atoms with E-state index in [1.54, 1.807) is 0 Å². The first kappa shape index (κ1) is 14.9. The maximum absolute atomic E-state index is 3.65. The van der Waals surface area contributed by atoms with E-state index in [-0.39, 0.29) is 0 Å². The molecule has 1 N–H and O–H groups in total. The molecule has 1 saturated heterocycles. The molecular formula is C14H31N3. The Kier molecular flexibility index (Phi) is 7.09. The van der Waals surface area contributed by atoms with E-state index >= 15 is 0 Å². The zero-order chi connectivity index (χ0) is 12.7. The van der Waals surface area contributed by atoms with Crippen LogP contribution in [-0.2, 0) is 0 Å². The van der Waals surface area contributed by atoms with Crippen molar-refractivity contribution in [2.24, 2.45) is 5.92 Å². The second-order valence-corrected chi connectivity index (χ2v) is 5.75. The number of rotatable bonds is 7. The Hall–Kier alpha value is -0.120. The average Bonchev–Trinajstić information content (AvgIpc) is 2.33. The predicted molar refractivity (Wildman–Crippen MR) is 75.5 cm³/mol. The predicted octanol–water partition coefficient (Wildman–Crippen LogP) is 1.65. The molecule has 1 aliphatic rings. The van der Waals surface area contributed by atoms with Gasteiger partial charge in [0, 0.05) is 25.7 Å². The number of hydrogen-bond acceptors (Lipinski definition) is 3. The van der Waals surface area contributed by atoms with E-state index in [0.29, 0.717) is 6.04 Å². The molecule has 0 aliphatic carbocycles. The molecule has 1 rings (SSSR count). The third-order valence-corrected chi connectivity index (χ3v) is 3.83. The van der Waals surface area contributed by atoms with Crippen LogP contribution in [0.4, 0.5) is 0 Å². The molecule has 0 aromatic rings. The Bertz CT molecular complexity index is 194. The molecule has 0 radical (unpaired) electrons. The molecule has 0 aromatic heterocycles. The van der Waals surface area contributed by atoms with Crippen molar-refractivity contribution in [2.45, 2.75) is 39.2 Å². The smallest absolute Gasteiger partial charge is 0.0109 e. The normalized spacial score (nSPS) is 24.2. The third-order valence-electron chi connectivity index (χ3n) is 3.83. The van der Waals surface area contributed by atoms with Gasteiger partial charge in [0.05, 0.1) is 0 Å². The van der Waals surface area contributed by atoms with Gasteiger partial charge in [0.2, 0.25) is 0 Å². The van der Waals surface area contributed by atoms with Gasteiger partial charge < -0.3 is 15.1 Å². The van der Waals surface area contributed by atoms with Gasteiger partial charge in [0.15, 0.2) is 0 Å². The number of hydrogen-bond donors (Lipinski definition) is 1. The van der Waals surface area contributed by atoms with Gasteiger partial charge >= 0.3 is 0 Å². The zero-order valence-electron chi connectivity index (χ0n) is 12.2. The highest BCUT2D eigenvalue weighted by Gasteiger charge is 2.23. The summed E-state index contributed by atoms with van der Waals surface area (Å²) in [5, 5.41) is 3.65. The molecule has 3 heteroatoms. The van der Waals surface area contributed by atoms with Crippen LogP contribution in [-0.4, -0.2) is 62.7 Å². The standard InChI is InChI=1S/C14H31N3/c1-5-8-15-13(2)14-7-6-9-17(12-14)11-10-16(3)4/h13-15H,5-12H2,1-4H3. The SMILES string of the molecule is CCCNC(C)C1CCCN(CCN(C)C)C1. The van der Waals surface area contributed by atoms with Gasteiger partial charge in [0.25, 0.3) is 0 Å². The van der Waals surface area contributed by atoms with Gasteiger partial charge in [-0.3, -0.25) is 0 Å². The molecule has 1 fully saturated rings. The molecule has 2 unspecified atom stereocenters. The Labute approximate surface area is 108 Å². The largest absolute Gasteiger partial charge is 0.314 e. The van der Waals surface area contributed by atoms with Gasteiger partial charge in [-0.25, -0.2) is 0 Å². The Morgan fingerprint density at radius 1 is 1.41 bits per heavy atom. The topological polar surface area (TPSA) is 18.5 Å². The van der Waals surface area contributed by atoms with Crippen molar-refractivity contribution in [1.82, 2.24) is 15.1 Å². The summed E-state index contributed by atoms with van der Waals surface area (Å²) in [6, 6.07) is 0.678. The van der Waals surface area contributed by atoms with Crippen molar-refractivity contribution in [3.63, 3.8) is 0 Å². The zero-order valence-corrected chi connectivity index (χ0v) is 12.2. The van der Waals surface area contributed by atoms with Crippen molar-refractivity contribution in [1.29, 1.82) is 0 Å². The molecular weight excluding hydrogens is 210 g/mol. The molecule has 102 valence electrons. The lowest BCUT2D eigenvalue weighted by atomic mass is 9.91. The van der Waals surface area contributed by atoms with E-state index in [1.807, 2.05) is 0 Å². The summed E-state index contributed by atoms with van der Waals surface area (Å²) in [5.41, 5.74) is 0. The van der Waals surface area contributed by atoms with Crippen LogP contribution < -0.4 is 5.32 Å². The highest BCUT2D eigenvalue weighted by Crippen LogP contribution is 2.19. The lowest BCUT2D eigenvalue weighted by Gasteiger charge is -2.36. The lowest BCUT2D eigenvalue weighted by Crippen LogP contribution is -2.46. The lowest BCUT2D eigenvalue weighted by molar-refractivity contribution is 0.141. The molecule has 3 nitrogen and oxygen atoms in total. The first-order valence-corrected chi connectivity index (χ1v) is 7.24. The summed E-state index contributed by atoms with van der Waals surface area (Å²) >= 11 is 0. The minimum atomic E-state index is 0.678. The summed E-state index contributed by atoms with van der Waals surface area (Å²) in [6.45, 7) is 10.7. The van der Waals surface area contributed by atoms with Gasteiger partial charge in [-0.2, -0.15) is 0 Å². The summed E-state index contributed by atoms with van der Waals surface area (Å²) in [5.74, 6) is 0.845. The Morgan fingerprint density at radius 2 is 2.18 bits per heavy atom. The van der Waals surface area contributed by atoms with Crippen LogP contribution >= 0.6 is 0 Å². The fourth-order valence-electron chi connectivity index (χ4n) is 2.58. The minimum Gasteiger partial charge on any atom is -0.314 e. The molecule has 0 bridgehead atoms. The van der Waals surface area contributed by atoms with Gasteiger partial charge in [-0.05, 0) is 59.3 Å². The van der Waals surface area contributed by atoms with E-state index in [2.05, 4.69) is 43.1 Å². The van der Waals surface area contributed by atoms with E-state index in [1.165, 1.54) is 45.4 Å². The van der Waals surface area contributed by atoms with Crippen LogP contribution in [0.1, 0.15) is 33.1 Å². The average molecular weight is 241 g/mol. The second-order valence-electron chi connectivity index (χ2n) is 5.75. The highest BCUT2D eigenvalue weighted by atomic mass is 15.2. The summed E-state index contributed by atoms with van der Waals surface area (Å²) in [6.07, 6.45) is 4.01. The fraction of sp³-hybridized carbons (Fsp3) is 1.00. The van der Waals surface area contributed by atoms with E-state index in [4.69, 9.17) is 0 Å². The van der Waals surface area contributed by atoms with Gasteiger partial charge in [-0.15, -0.1) is 0 Å². The molecule has 17 heavy (non-hydrogen) atoms. The van der Waals surface area contributed by atoms with E-state index in [0.717, 1.165) is 12.5 Å². The van der Waals surface area contributed by atoms with Crippen LogP contribution in [0.5, 0.6) is 0 Å². The van der Waals surface area contributed by atoms with Gasteiger partial charge in [0.1, 0.15) is 0 Å². The summed E-state index contributed by atoms with van der Waals surface area (Å²) in [7, 11) is 4.32.